The van der Waals surface area contributed by atoms with E-state index in [1.807, 2.05) is 6.07 Å². The fraction of sp³-hybridized carbons (Fsp3) is 0.636. The van der Waals surface area contributed by atoms with E-state index < -0.39 is 17.9 Å². The number of carboxylic acid groups (broad SMARTS) is 1. The molecule has 0 unspecified atom stereocenters. The Balaban J connectivity index is 2.38. The summed E-state index contributed by atoms with van der Waals surface area (Å²) >= 11 is 0. The summed E-state index contributed by atoms with van der Waals surface area (Å²) in [6.45, 7) is 0.291. The Kier molecular flexibility index (Phi) is 5.11. The van der Waals surface area contributed by atoms with Gasteiger partial charge in [0.2, 0.25) is 5.91 Å². The zero-order chi connectivity index (χ0) is 13.5. The lowest BCUT2D eigenvalue weighted by molar-refractivity contribution is -0.138. The fourth-order valence-electron chi connectivity index (χ4n) is 1.48. The van der Waals surface area contributed by atoms with Crippen molar-refractivity contribution in [3.05, 3.63) is 0 Å². The van der Waals surface area contributed by atoms with Gasteiger partial charge in [0.15, 0.2) is 0 Å². The van der Waals surface area contributed by atoms with Crippen molar-refractivity contribution in [3.63, 3.8) is 0 Å². The first kappa shape index (κ1) is 14.0. The summed E-state index contributed by atoms with van der Waals surface area (Å²) in [5.74, 6) is -1.69. The molecule has 3 amide bonds. The maximum Gasteiger partial charge on any atom is 0.324 e. The van der Waals surface area contributed by atoms with E-state index >= 15 is 0 Å². The van der Waals surface area contributed by atoms with Gasteiger partial charge in [0.05, 0.1) is 18.9 Å². The molecule has 0 atom stereocenters. The molecule has 1 fully saturated rings. The van der Waals surface area contributed by atoms with E-state index in [2.05, 4.69) is 5.32 Å². The predicted octanol–water partition coefficient (Wildman–Crippen LogP) is 0.465. The van der Waals surface area contributed by atoms with Gasteiger partial charge >= 0.3 is 12.0 Å². The first-order valence-corrected chi connectivity index (χ1v) is 5.73. The molecular formula is C11H15N3O4. The number of carboxylic acids is 1. The number of hydrogen-bond donors (Lipinski definition) is 2. The molecule has 0 heterocycles. The zero-order valence-corrected chi connectivity index (χ0v) is 9.89. The van der Waals surface area contributed by atoms with E-state index in [-0.39, 0.29) is 25.3 Å². The quantitative estimate of drug-likeness (QED) is 0.714. The average molecular weight is 253 g/mol. The van der Waals surface area contributed by atoms with Gasteiger partial charge in [0, 0.05) is 19.0 Å². The highest BCUT2D eigenvalue weighted by Crippen LogP contribution is 2.26. The summed E-state index contributed by atoms with van der Waals surface area (Å²) in [6.07, 6.45) is 1.44. The molecule has 0 aromatic carbocycles. The average Bonchev–Trinajstić information content (AvgIpc) is 3.11. The number of aliphatic carboxylic acids is 1. The van der Waals surface area contributed by atoms with Crippen LogP contribution in [0.1, 0.15) is 32.1 Å². The number of carbonyl (C=O) groups is 3. The minimum absolute atomic E-state index is 0.102. The molecule has 7 nitrogen and oxygen atoms in total. The van der Waals surface area contributed by atoms with E-state index in [4.69, 9.17) is 10.4 Å². The third-order valence-electron chi connectivity index (χ3n) is 2.53. The molecule has 0 aliphatic heterocycles. The van der Waals surface area contributed by atoms with Crippen molar-refractivity contribution in [1.82, 2.24) is 10.2 Å². The minimum Gasteiger partial charge on any atom is -0.481 e. The maximum absolute atomic E-state index is 11.7. The number of hydrogen-bond acceptors (Lipinski definition) is 4. The standard InChI is InChI=1S/C11H15N3O4/c12-6-1-7-14(8-2-3-8)11(18)13-9(15)4-5-10(16)17/h8H,1-5,7H2,(H,16,17)(H,13,15,18). The summed E-state index contributed by atoms with van der Waals surface area (Å²) < 4.78 is 0. The zero-order valence-electron chi connectivity index (χ0n) is 9.89. The Labute approximate surface area is 104 Å². The van der Waals surface area contributed by atoms with Gasteiger partial charge in [-0.1, -0.05) is 0 Å². The van der Waals surface area contributed by atoms with Crippen molar-refractivity contribution >= 4 is 17.9 Å². The van der Waals surface area contributed by atoms with E-state index in [9.17, 15) is 14.4 Å². The lowest BCUT2D eigenvalue weighted by Crippen LogP contribution is -2.44. The third kappa shape index (κ3) is 4.82. The van der Waals surface area contributed by atoms with Gasteiger partial charge in [0.25, 0.3) is 0 Å². The van der Waals surface area contributed by atoms with Crippen LogP contribution in [0.3, 0.4) is 0 Å². The van der Waals surface area contributed by atoms with Gasteiger partial charge in [-0.2, -0.15) is 5.26 Å². The second-order valence-electron chi connectivity index (χ2n) is 4.08. The van der Waals surface area contributed by atoms with Crippen LogP contribution in [-0.4, -0.2) is 40.5 Å². The van der Waals surface area contributed by atoms with Gasteiger partial charge in [-0.3, -0.25) is 14.9 Å². The van der Waals surface area contributed by atoms with Crippen LogP contribution in [0, 0.1) is 11.3 Å². The molecule has 0 radical (unpaired) electrons. The smallest absolute Gasteiger partial charge is 0.324 e. The first-order valence-electron chi connectivity index (χ1n) is 5.73. The largest absolute Gasteiger partial charge is 0.481 e. The van der Waals surface area contributed by atoms with Gasteiger partial charge in [-0.25, -0.2) is 4.79 Å². The van der Waals surface area contributed by atoms with Crippen LogP contribution < -0.4 is 5.32 Å². The number of nitrogens with one attached hydrogen (secondary N) is 1. The Morgan fingerprint density at radius 1 is 1.33 bits per heavy atom. The molecule has 1 rings (SSSR count). The Bertz CT molecular complexity index is 384. The molecule has 98 valence electrons. The molecule has 1 aliphatic rings. The van der Waals surface area contributed by atoms with E-state index in [1.165, 1.54) is 4.90 Å². The van der Waals surface area contributed by atoms with Gasteiger partial charge in [-0.15, -0.1) is 0 Å². The molecule has 1 saturated carbocycles. The Hall–Kier alpha value is -2.10. The van der Waals surface area contributed by atoms with Crippen molar-refractivity contribution in [3.8, 4) is 6.07 Å². The number of rotatable bonds is 6. The van der Waals surface area contributed by atoms with Crippen LogP contribution in [0.25, 0.3) is 0 Å². The maximum atomic E-state index is 11.7. The monoisotopic (exact) mass is 253 g/mol. The highest BCUT2D eigenvalue weighted by atomic mass is 16.4. The fourth-order valence-corrected chi connectivity index (χ4v) is 1.48. The molecule has 0 aromatic heterocycles. The van der Waals surface area contributed by atoms with Crippen LogP contribution in [0.15, 0.2) is 0 Å². The van der Waals surface area contributed by atoms with Crippen LogP contribution in [0.4, 0.5) is 4.79 Å². The molecule has 0 bridgehead atoms. The lowest BCUT2D eigenvalue weighted by atomic mass is 10.3. The SMILES string of the molecule is N#CCCN(C(=O)NC(=O)CCC(=O)O)C1CC1. The number of urea groups is 1. The van der Waals surface area contributed by atoms with Crippen molar-refractivity contribution < 1.29 is 19.5 Å². The molecule has 0 spiro atoms. The normalized spacial score (nSPS) is 13.5. The number of amides is 3. The summed E-state index contributed by atoms with van der Waals surface area (Å²) in [4.78, 5) is 34.7. The molecule has 7 heteroatoms. The van der Waals surface area contributed by atoms with Crippen LogP contribution in [0.2, 0.25) is 0 Å². The summed E-state index contributed by atoms with van der Waals surface area (Å²) in [5.41, 5.74) is 0. The highest BCUT2D eigenvalue weighted by molar-refractivity contribution is 5.95. The van der Waals surface area contributed by atoms with Crippen LogP contribution in [-0.2, 0) is 9.59 Å². The summed E-state index contributed by atoms with van der Waals surface area (Å²) in [5, 5.41) is 19.0. The van der Waals surface area contributed by atoms with Gasteiger partial charge in [-0.05, 0) is 12.8 Å². The predicted molar refractivity (Wildman–Crippen MR) is 60.4 cm³/mol. The summed E-state index contributed by atoms with van der Waals surface area (Å²) in [6, 6.07) is 1.51. The van der Waals surface area contributed by atoms with Crippen LogP contribution >= 0.6 is 0 Å². The number of imide groups is 1. The summed E-state index contributed by atoms with van der Waals surface area (Å²) in [7, 11) is 0. The minimum atomic E-state index is -1.08. The Morgan fingerprint density at radius 3 is 2.50 bits per heavy atom. The molecule has 2 N–H and O–H groups in total. The molecule has 0 aromatic rings. The van der Waals surface area contributed by atoms with Crippen molar-refractivity contribution in [2.24, 2.45) is 0 Å². The van der Waals surface area contributed by atoms with Gasteiger partial charge in [0.1, 0.15) is 0 Å². The second-order valence-corrected chi connectivity index (χ2v) is 4.08. The van der Waals surface area contributed by atoms with Gasteiger partial charge < -0.3 is 10.0 Å². The van der Waals surface area contributed by atoms with E-state index in [1.54, 1.807) is 0 Å². The number of nitriles is 1. The molecular weight excluding hydrogens is 238 g/mol. The Morgan fingerprint density at radius 2 is 2.00 bits per heavy atom. The molecule has 0 saturated heterocycles. The van der Waals surface area contributed by atoms with Crippen molar-refractivity contribution in [2.45, 2.75) is 38.1 Å². The van der Waals surface area contributed by atoms with E-state index in [0.717, 1.165) is 12.8 Å². The van der Waals surface area contributed by atoms with Crippen molar-refractivity contribution in [2.75, 3.05) is 6.54 Å². The lowest BCUT2D eigenvalue weighted by Gasteiger charge is -2.20. The number of carbonyl (C=O) groups excluding carboxylic acids is 2. The highest BCUT2D eigenvalue weighted by Gasteiger charge is 2.32. The molecule has 1 aliphatic carbocycles. The topological polar surface area (TPSA) is 111 Å². The number of nitrogens with zero attached hydrogens (tertiary/aromatic N) is 2. The second kappa shape index (κ2) is 6.59. The van der Waals surface area contributed by atoms with Crippen molar-refractivity contribution in [1.29, 1.82) is 5.26 Å². The molecule has 18 heavy (non-hydrogen) atoms. The first-order chi connectivity index (χ1) is 8.54. The third-order valence-corrected chi connectivity index (χ3v) is 2.53. The van der Waals surface area contributed by atoms with Crippen LogP contribution in [0.5, 0.6) is 0 Å². The van der Waals surface area contributed by atoms with E-state index in [0.29, 0.717) is 6.54 Å².